The monoisotopic (exact) mass is 569 g/mol. The highest BCUT2D eigenvalue weighted by Gasteiger charge is 2.43. The molecule has 0 radical (unpaired) electrons. The predicted molar refractivity (Wildman–Crippen MR) is 151 cm³/mol. The third kappa shape index (κ3) is 7.62. The molecule has 1 atom stereocenters. The number of halogens is 1. The van der Waals surface area contributed by atoms with Crippen LogP contribution in [0.3, 0.4) is 0 Å². The molecule has 11 heteroatoms. The molecule has 0 aliphatic carbocycles. The number of anilines is 1. The van der Waals surface area contributed by atoms with E-state index in [-0.39, 0.29) is 23.6 Å². The lowest BCUT2D eigenvalue weighted by Crippen LogP contribution is -2.56. The van der Waals surface area contributed by atoms with Gasteiger partial charge in [0, 0.05) is 23.3 Å². The first kappa shape index (κ1) is 31.1. The van der Waals surface area contributed by atoms with Gasteiger partial charge in [0.05, 0.1) is 12.3 Å². The van der Waals surface area contributed by atoms with E-state index in [1.807, 2.05) is 0 Å². The molecule has 2 aromatic carbocycles. The lowest BCUT2D eigenvalue weighted by atomic mass is 10.0. The molecule has 3 rings (SSSR count). The van der Waals surface area contributed by atoms with Crippen molar-refractivity contribution in [1.29, 1.82) is 0 Å². The fraction of sp³-hybridized carbons (Fsp3) is 0.400. The number of amides is 2. The molecule has 0 aliphatic rings. The van der Waals surface area contributed by atoms with Crippen molar-refractivity contribution in [3.8, 4) is 5.75 Å². The first-order valence-corrected chi connectivity index (χ1v) is 13.1. The third-order valence-electron chi connectivity index (χ3n) is 5.60. The lowest BCUT2D eigenvalue weighted by molar-refractivity contribution is -0.139. The average Bonchev–Trinajstić information content (AvgIpc) is 2.83. The Labute approximate surface area is 238 Å². The van der Waals surface area contributed by atoms with Gasteiger partial charge in [-0.25, -0.2) is 18.8 Å². The number of imide groups is 1. The molecule has 0 bridgehead atoms. The topological polar surface area (TPSA) is 119 Å². The number of hydrogen-bond donors (Lipinski definition) is 1. The Kier molecular flexibility index (Phi) is 9.10. The molecule has 1 unspecified atom stereocenters. The van der Waals surface area contributed by atoms with E-state index in [2.05, 4.69) is 4.98 Å². The fourth-order valence-electron chi connectivity index (χ4n) is 4.01. The number of pyridine rings is 1. The van der Waals surface area contributed by atoms with Crippen LogP contribution in [0, 0.1) is 12.7 Å². The number of carboxylic acids is 1. The average molecular weight is 570 g/mol. The summed E-state index contributed by atoms with van der Waals surface area (Å²) in [6, 6.07) is 6.84. The Morgan fingerprint density at radius 3 is 2.10 bits per heavy atom. The maximum Gasteiger partial charge on any atom is 0.439 e. The summed E-state index contributed by atoms with van der Waals surface area (Å²) in [6.45, 7) is 13.2. The van der Waals surface area contributed by atoms with Crippen LogP contribution in [0.1, 0.15) is 65.6 Å². The number of aliphatic carboxylic acids is 1. The Morgan fingerprint density at radius 2 is 1.56 bits per heavy atom. The summed E-state index contributed by atoms with van der Waals surface area (Å²) < 4.78 is 32.3. The lowest BCUT2D eigenvalue weighted by Gasteiger charge is -2.39. The van der Waals surface area contributed by atoms with Crippen molar-refractivity contribution < 1.29 is 38.1 Å². The van der Waals surface area contributed by atoms with Gasteiger partial charge < -0.3 is 19.3 Å². The maximum absolute atomic E-state index is 15.6. The second-order valence-corrected chi connectivity index (χ2v) is 11.3. The van der Waals surface area contributed by atoms with E-state index >= 15 is 4.39 Å². The molecule has 1 aromatic heterocycles. The number of aryl methyl sites for hydroxylation is 1. The van der Waals surface area contributed by atoms with Crippen LogP contribution in [0.5, 0.6) is 5.75 Å². The molecule has 0 saturated carbocycles. The van der Waals surface area contributed by atoms with Crippen LogP contribution in [0.2, 0.25) is 0 Å². The molecular formula is C30H36FN3O7. The van der Waals surface area contributed by atoms with Gasteiger partial charge in [0.25, 0.3) is 0 Å². The van der Waals surface area contributed by atoms with Crippen molar-refractivity contribution in [2.75, 3.05) is 11.6 Å². The van der Waals surface area contributed by atoms with Crippen LogP contribution in [0.4, 0.5) is 19.7 Å². The first-order chi connectivity index (χ1) is 19.0. The molecule has 3 aromatic rings. The van der Waals surface area contributed by atoms with Crippen LogP contribution in [0.15, 0.2) is 48.8 Å². The molecule has 1 N–H and O–H groups in total. The van der Waals surface area contributed by atoms with E-state index < -0.39 is 41.2 Å². The summed E-state index contributed by atoms with van der Waals surface area (Å²) in [7, 11) is 0. The zero-order chi connectivity index (χ0) is 30.7. The standard InChI is InChI=1S/C30H36FN3O7/c1-9-39-24-16-22(23(31)14-18(24)2)25(26(35)36)33(21-11-10-20-17-32-13-12-19(20)15-21)34(27(37)40-29(3,4)5)28(38)41-30(6,7)8/h10-17,25H,9H2,1-8H3,(H,35,36). The van der Waals surface area contributed by atoms with Gasteiger partial charge in [-0.15, -0.1) is 5.01 Å². The van der Waals surface area contributed by atoms with E-state index in [4.69, 9.17) is 14.2 Å². The number of carboxylic acid groups (broad SMARTS) is 1. The molecule has 220 valence electrons. The van der Waals surface area contributed by atoms with Gasteiger partial charge in [-0.05, 0) is 96.7 Å². The Hall–Kier alpha value is -4.41. The number of benzene rings is 2. The van der Waals surface area contributed by atoms with Crippen LogP contribution in [-0.2, 0) is 14.3 Å². The van der Waals surface area contributed by atoms with Crippen molar-refractivity contribution >= 4 is 34.6 Å². The number of ether oxygens (including phenoxy) is 3. The van der Waals surface area contributed by atoms with E-state index in [9.17, 15) is 19.5 Å². The molecular weight excluding hydrogens is 533 g/mol. The van der Waals surface area contributed by atoms with Crippen molar-refractivity contribution in [1.82, 2.24) is 9.99 Å². The minimum Gasteiger partial charge on any atom is -0.494 e. The number of carbonyl (C=O) groups is 3. The molecule has 2 amide bonds. The molecule has 0 aliphatic heterocycles. The maximum atomic E-state index is 15.6. The smallest absolute Gasteiger partial charge is 0.439 e. The molecule has 0 spiro atoms. The summed E-state index contributed by atoms with van der Waals surface area (Å²) in [5, 5.41) is 13.2. The second-order valence-electron chi connectivity index (χ2n) is 11.3. The SMILES string of the molecule is CCOc1cc(C(C(=O)O)N(c2ccc3cnccc3c2)N(C(=O)OC(C)(C)C)C(=O)OC(C)(C)C)c(F)cc1C. The minimum atomic E-state index is -1.94. The summed E-state index contributed by atoms with van der Waals surface area (Å²) in [5.41, 5.74) is -1.98. The number of hydrazine groups is 1. The van der Waals surface area contributed by atoms with Crippen molar-refractivity contribution in [2.45, 2.75) is 72.6 Å². The summed E-state index contributed by atoms with van der Waals surface area (Å²) in [6.07, 6.45) is 0.709. The van der Waals surface area contributed by atoms with Gasteiger partial charge in [-0.2, -0.15) is 0 Å². The van der Waals surface area contributed by atoms with Crippen molar-refractivity contribution in [2.24, 2.45) is 0 Å². The van der Waals surface area contributed by atoms with Crippen LogP contribution in [0.25, 0.3) is 10.8 Å². The van der Waals surface area contributed by atoms with Crippen LogP contribution >= 0.6 is 0 Å². The normalized spacial score (nSPS) is 12.4. The third-order valence-corrected chi connectivity index (χ3v) is 5.60. The first-order valence-electron chi connectivity index (χ1n) is 13.1. The van der Waals surface area contributed by atoms with Gasteiger partial charge in [0.1, 0.15) is 22.8 Å². The van der Waals surface area contributed by atoms with Gasteiger partial charge in [0.15, 0.2) is 6.04 Å². The van der Waals surface area contributed by atoms with Gasteiger partial charge in [-0.3, -0.25) is 9.99 Å². The number of carbonyl (C=O) groups excluding carboxylic acids is 2. The van der Waals surface area contributed by atoms with Gasteiger partial charge in [-0.1, -0.05) is 6.07 Å². The summed E-state index contributed by atoms with van der Waals surface area (Å²) >= 11 is 0. The highest BCUT2D eigenvalue weighted by molar-refractivity contribution is 5.94. The van der Waals surface area contributed by atoms with Crippen molar-refractivity contribution in [3.63, 3.8) is 0 Å². The summed E-state index contributed by atoms with van der Waals surface area (Å²) in [4.78, 5) is 44.4. The molecule has 0 fully saturated rings. The Balaban J connectivity index is 2.38. The second kappa shape index (κ2) is 12.0. The fourth-order valence-corrected chi connectivity index (χ4v) is 4.01. The number of hydrogen-bond acceptors (Lipinski definition) is 8. The minimum absolute atomic E-state index is 0.0748. The predicted octanol–water partition coefficient (Wildman–Crippen LogP) is 6.80. The molecule has 1 heterocycles. The molecule has 10 nitrogen and oxygen atoms in total. The van der Waals surface area contributed by atoms with Gasteiger partial charge in [0.2, 0.25) is 0 Å². The van der Waals surface area contributed by atoms with Crippen LogP contribution < -0.4 is 9.75 Å². The Bertz CT molecular complexity index is 1420. The quantitative estimate of drug-likeness (QED) is 0.306. The zero-order valence-electron chi connectivity index (χ0n) is 24.5. The number of aromatic nitrogens is 1. The van der Waals surface area contributed by atoms with E-state index in [1.54, 1.807) is 86.0 Å². The summed E-state index contributed by atoms with van der Waals surface area (Å²) in [5.74, 6) is -2.18. The van der Waals surface area contributed by atoms with Crippen LogP contribution in [-0.4, -0.2) is 51.1 Å². The largest absolute Gasteiger partial charge is 0.494 e. The van der Waals surface area contributed by atoms with E-state index in [0.29, 0.717) is 21.3 Å². The molecule has 41 heavy (non-hydrogen) atoms. The van der Waals surface area contributed by atoms with Gasteiger partial charge >= 0.3 is 18.2 Å². The highest BCUT2D eigenvalue weighted by atomic mass is 19.1. The molecule has 0 saturated heterocycles. The highest BCUT2D eigenvalue weighted by Crippen LogP contribution is 2.36. The number of rotatable bonds is 7. The Morgan fingerprint density at radius 1 is 0.951 bits per heavy atom. The number of nitrogens with zero attached hydrogens (tertiary/aromatic N) is 3. The number of fused-ring (bicyclic) bond motifs is 1. The zero-order valence-corrected chi connectivity index (χ0v) is 24.5. The van der Waals surface area contributed by atoms with E-state index in [0.717, 1.165) is 11.1 Å². The van der Waals surface area contributed by atoms with E-state index in [1.165, 1.54) is 12.1 Å². The van der Waals surface area contributed by atoms with Crippen molar-refractivity contribution in [3.05, 3.63) is 65.7 Å².